The van der Waals surface area contributed by atoms with Gasteiger partial charge in [0, 0.05) is 49.0 Å². The predicted molar refractivity (Wildman–Crippen MR) is 239 cm³/mol. The minimum absolute atomic E-state index is 0.523. The number of aromatic nitrogens is 4. The van der Waals surface area contributed by atoms with Crippen LogP contribution < -0.4 is 0 Å². The zero-order chi connectivity index (χ0) is 39.0. The topological polar surface area (TPSA) is 72.6 Å². The fraction of sp³-hybridized carbons (Fsp3) is 0. The largest absolute Gasteiger partial charge is 0.453 e. The number of nitriles is 1. The Balaban J connectivity index is 1.24. The molecule has 4 heterocycles. The van der Waals surface area contributed by atoms with Gasteiger partial charge in [-0.2, -0.15) is 5.26 Å². The van der Waals surface area contributed by atoms with Gasteiger partial charge in [-0.1, -0.05) is 146 Å². The Bertz CT molecular complexity index is 3520. The van der Waals surface area contributed by atoms with Crippen molar-refractivity contribution in [3.8, 4) is 51.3 Å². The average molecular weight is 754 g/mol. The van der Waals surface area contributed by atoms with Gasteiger partial charge in [-0.05, 0) is 42.5 Å². The fourth-order valence-corrected chi connectivity index (χ4v) is 9.03. The number of fused-ring (bicyclic) bond motifs is 9. The maximum absolute atomic E-state index is 11.1. The van der Waals surface area contributed by atoms with E-state index < -0.39 is 0 Å². The third-order valence-electron chi connectivity index (χ3n) is 11.6. The number of para-hydroxylation sites is 5. The van der Waals surface area contributed by atoms with Crippen LogP contribution in [0.4, 0.5) is 0 Å². The Morgan fingerprint density at radius 1 is 0.441 bits per heavy atom. The van der Waals surface area contributed by atoms with Crippen molar-refractivity contribution < 1.29 is 4.42 Å². The maximum atomic E-state index is 11.1. The van der Waals surface area contributed by atoms with E-state index in [-0.39, 0.29) is 0 Å². The lowest BCUT2D eigenvalue weighted by Crippen LogP contribution is -2.05. The van der Waals surface area contributed by atoms with Crippen molar-refractivity contribution in [1.82, 2.24) is 19.1 Å². The molecule has 0 aliphatic carbocycles. The lowest BCUT2D eigenvalue weighted by Gasteiger charge is -2.18. The van der Waals surface area contributed by atoms with Gasteiger partial charge in [0.25, 0.3) is 0 Å². The van der Waals surface area contributed by atoms with Crippen molar-refractivity contribution >= 4 is 65.6 Å². The number of nitrogens with zero attached hydrogens (tertiary/aromatic N) is 5. The van der Waals surface area contributed by atoms with Gasteiger partial charge in [0.05, 0.1) is 50.8 Å². The van der Waals surface area contributed by atoms with Crippen LogP contribution in [0.1, 0.15) is 5.56 Å². The Labute approximate surface area is 338 Å². The molecule has 0 aliphatic heterocycles. The second-order valence-corrected chi connectivity index (χ2v) is 14.8. The van der Waals surface area contributed by atoms with Gasteiger partial charge in [-0.15, -0.1) is 0 Å². The highest BCUT2D eigenvalue weighted by atomic mass is 16.3. The van der Waals surface area contributed by atoms with Gasteiger partial charge in [-0.3, -0.25) is 0 Å². The Hall–Kier alpha value is -8.27. The molecular formula is C53H31N5O. The standard InChI is InChI=1S/C53H31N5O/c54-32-35-30-48(57-44-26-11-7-20-36(44)37-21-8-12-27-45(37)57)50(58-46-28-13-9-22-38(46)39-23-10-14-29-47(39)58)52-49(35)41-25-15-24-40(51(41)59-52)43-31-42(33-16-3-1-4-17-33)55-53(56-43)34-18-5-2-6-19-34/h1-31H. The third kappa shape index (κ3) is 4.92. The molecule has 0 atom stereocenters. The van der Waals surface area contributed by atoms with Crippen LogP contribution in [0.3, 0.4) is 0 Å². The number of hydrogen-bond donors (Lipinski definition) is 0. The van der Waals surface area contributed by atoms with Crippen molar-refractivity contribution in [1.29, 1.82) is 5.26 Å². The molecule has 0 unspecified atom stereocenters. The van der Waals surface area contributed by atoms with E-state index in [9.17, 15) is 5.26 Å². The first-order chi connectivity index (χ1) is 29.2. The first-order valence-corrected chi connectivity index (χ1v) is 19.6. The zero-order valence-corrected chi connectivity index (χ0v) is 31.5. The molecule has 274 valence electrons. The van der Waals surface area contributed by atoms with E-state index in [1.807, 2.05) is 66.7 Å². The van der Waals surface area contributed by atoms with E-state index >= 15 is 0 Å². The summed E-state index contributed by atoms with van der Waals surface area (Å²) in [6.45, 7) is 0. The Kier molecular flexibility index (Phi) is 7.19. The van der Waals surface area contributed by atoms with Crippen molar-refractivity contribution in [2.45, 2.75) is 0 Å². The summed E-state index contributed by atoms with van der Waals surface area (Å²) < 4.78 is 12.0. The summed E-state index contributed by atoms with van der Waals surface area (Å²) in [6.07, 6.45) is 0. The number of benzene rings is 8. The van der Waals surface area contributed by atoms with E-state index in [0.29, 0.717) is 22.6 Å². The van der Waals surface area contributed by atoms with Gasteiger partial charge < -0.3 is 13.6 Å². The van der Waals surface area contributed by atoms with E-state index in [2.05, 4.69) is 137 Å². The predicted octanol–water partition coefficient (Wildman–Crippen LogP) is 13.4. The Morgan fingerprint density at radius 2 is 0.932 bits per heavy atom. The molecule has 59 heavy (non-hydrogen) atoms. The van der Waals surface area contributed by atoms with Crippen LogP contribution in [-0.4, -0.2) is 19.1 Å². The second kappa shape index (κ2) is 12.9. The number of furan rings is 1. The fourth-order valence-electron chi connectivity index (χ4n) is 9.03. The first kappa shape index (κ1) is 32.9. The minimum Gasteiger partial charge on any atom is -0.453 e. The van der Waals surface area contributed by atoms with Crippen LogP contribution >= 0.6 is 0 Å². The minimum atomic E-state index is 0.523. The molecule has 0 saturated carbocycles. The van der Waals surface area contributed by atoms with E-state index in [0.717, 1.165) is 93.8 Å². The van der Waals surface area contributed by atoms with Crippen molar-refractivity contribution in [2.75, 3.05) is 0 Å². The molecule has 0 saturated heterocycles. The van der Waals surface area contributed by atoms with Crippen LogP contribution in [0.2, 0.25) is 0 Å². The van der Waals surface area contributed by atoms with Crippen LogP contribution in [0, 0.1) is 11.3 Å². The molecule has 12 rings (SSSR count). The van der Waals surface area contributed by atoms with E-state index in [4.69, 9.17) is 14.4 Å². The summed E-state index contributed by atoms with van der Waals surface area (Å²) in [6, 6.07) is 67.0. The van der Waals surface area contributed by atoms with Crippen molar-refractivity contribution in [3.05, 3.63) is 194 Å². The van der Waals surface area contributed by atoms with Crippen molar-refractivity contribution in [2.24, 2.45) is 0 Å². The number of hydrogen-bond acceptors (Lipinski definition) is 4. The van der Waals surface area contributed by atoms with E-state index in [1.165, 1.54) is 0 Å². The molecule has 0 spiro atoms. The van der Waals surface area contributed by atoms with Crippen LogP contribution in [0.15, 0.2) is 192 Å². The lowest BCUT2D eigenvalue weighted by atomic mass is 10.0. The lowest BCUT2D eigenvalue weighted by molar-refractivity contribution is 0.666. The summed E-state index contributed by atoms with van der Waals surface area (Å²) in [5, 5.41) is 17.2. The van der Waals surface area contributed by atoms with E-state index in [1.54, 1.807) is 0 Å². The molecule has 12 aromatic rings. The molecule has 8 aromatic carbocycles. The molecule has 4 aromatic heterocycles. The molecule has 6 nitrogen and oxygen atoms in total. The molecular weight excluding hydrogens is 723 g/mol. The highest BCUT2D eigenvalue weighted by Crippen LogP contribution is 2.46. The van der Waals surface area contributed by atoms with Crippen LogP contribution in [0.5, 0.6) is 0 Å². The molecule has 0 amide bonds. The molecule has 0 N–H and O–H groups in total. The highest BCUT2D eigenvalue weighted by molar-refractivity contribution is 6.18. The molecule has 0 aliphatic rings. The molecule has 0 fully saturated rings. The average Bonchev–Trinajstić information content (AvgIpc) is 3.97. The summed E-state index contributed by atoms with van der Waals surface area (Å²) in [7, 11) is 0. The van der Waals surface area contributed by atoms with Gasteiger partial charge >= 0.3 is 0 Å². The zero-order valence-electron chi connectivity index (χ0n) is 31.5. The van der Waals surface area contributed by atoms with Gasteiger partial charge in [0.1, 0.15) is 11.3 Å². The molecule has 0 bridgehead atoms. The van der Waals surface area contributed by atoms with Crippen LogP contribution in [0.25, 0.3) is 111 Å². The normalized spacial score (nSPS) is 11.7. The first-order valence-electron chi connectivity index (χ1n) is 19.6. The summed E-state index contributed by atoms with van der Waals surface area (Å²) in [5.74, 6) is 0.618. The SMILES string of the molecule is N#Cc1cc(-n2c3ccccc3c3ccccc32)c(-n2c3ccccc3c3ccccc32)c2oc3c(-c4cc(-c5ccccc5)nc(-c5ccccc5)n4)cccc3c12. The van der Waals surface area contributed by atoms with Gasteiger partial charge in [-0.25, -0.2) is 9.97 Å². The molecule has 6 heteroatoms. The summed E-state index contributed by atoms with van der Waals surface area (Å²) in [5.41, 5.74) is 11.9. The summed E-state index contributed by atoms with van der Waals surface area (Å²) >= 11 is 0. The van der Waals surface area contributed by atoms with Gasteiger partial charge in [0.15, 0.2) is 11.4 Å². The quantitative estimate of drug-likeness (QED) is 0.175. The Morgan fingerprint density at radius 3 is 1.51 bits per heavy atom. The summed E-state index contributed by atoms with van der Waals surface area (Å²) in [4.78, 5) is 10.3. The third-order valence-corrected chi connectivity index (χ3v) is 11.6. The van der Waals surface area contributed by atoms with Crippen molar-refractivity contribution in [3.63, 3.8) is 0 Å². The van der Waals surface area contributed by atoms with Crippen LogP contribution in [-0.2, 0) is 0 Å². The highest BCUT2D eigenvalue weighted by Gasteiger charge is 2.27. The smallest absolute Gasteiger partial charge is 0.162 e. The number of rotatable bonds is 5. The molecule has 0 radical (unpaired) electrons. The second-order valence-electron chi connectivity index (χ2n) is 14.8. The van der Waals surface area contributed by atoms with Gasteiger partial charge in [0.2, 0.25) is 0 Å². The maximum Gasteiger partial charge on any atom is 0.162 e. The monoisotopic (exact) mass is 753 g/mol.